The highest BCUT2D eigenvalue weighted by atomic mass is 79.9. The molecule has 0 radical (unpaired) electrons. The molecule has 0 aliphatic heterocycles. The SMILES string of the molecule is CC(C)N(CCOCCBr)c1ccc2c(n1)CCC2. The third kappa shape index (κ3) is 3.93. The summed E-state index contributed by atoms with van der Waals surface area (Å²) < 4.78 is 5.56. The molecule has 106 valence electrons. The van der Waals surface area contributed by atoms with E-state index in [0.717, 1.165) is 37.3 Å². The highest BCUT2D eigenvalue weighted by Gasteiger charge is 2.17. The molecule has 19 heavy (non-hydrogen) atoms. The summed E-state index contributed by atoms with van der Waals surface area (Å²) >= 11 is 3.37. The van der Waals surface area contributed by atoms with Gasteiger partial charge >= 0.3 is 0 Å². The molecule has 0 saturated heterocycles. The van der Waals surface area contributed by atoms with Crippen LogP contribution in [0.5, 0.6) is 0 Å². The number of hydrogen-bond donors (Lipinski definition) is 0. The third-order valence-electron chi connectivity index (χ3n) is 3.53. The molecule has 0 unspecified atom stereocenters. The second kappa shape index (κ2) is 7.25. The number of fused-ring (bicyclic) bond motifs is 1. The Labute approximate surface area is 124 Å². The fourth-order valence-electron chi connectivity index (χ4n) is 2.53. The maximum absolute atomic E-state index is 5.56. The molecule has 1 aliphatic rings. The summed E-state index contributed by atoms with van der Waals surface area (Å²) in [5.74, 6) is 1.10. The fraction of sp³-hybridized carbons (Fsp3) is 0.667. The third-order valence-corrected chi connectivity index (χ3v) is 3.85. The van der Waals surface area contributed by atoms with Gasteiger partial charge in [0.2, 0.25) is 0 Å². The Morgan fingerprint density at radius 3 is 2.89 bits per heavy atom. The van der Waals surface area contributed by atoms with Crippen LogP contribution < -0.4 is 4.90 Å². The van der Waals surface area contributed by atoms with Crippen LogP contribution >= 0.6 is 15.9 Å². The quantitative estimate of drug-likeness (QED) is 0.568. The number of pyridine rings is 1. The van der Waals surface area contributed by atoms with Gasteiger partial charge in [-0.05, 0) is 44.7 Å². The van der Waals surface area contributed by atoms with E-state index in [-0.39, 0.29) is 0 Å². The summed E-state index contributed by atoms with van der Waals surface area (Å²) in [6.45, 7) is 6.83. The number of hydrogen-bond acceptors (Lipinski definition) is 3. The molecule has 0 atom stereocenters. The summed E-state index contributed by atoms with van der Waals surface area (Å²) in [6.07, 6.45) is 3.58. The predicted molar refractivity (Wildman–Crippen MR) is 83.4 cm³/mol. The molecule has 0 fully saturated rings. The Balaban J connectivity index is 2.02. The van der Waals surface area contributed by atoms with Gasteiger partial charge in [-0.3, -0.25) is 0 Å². The van der Waals surface area contributed by atoms with Crippen LogP contribution in [0.2, 0.25) is 0 Å². The van der Waals surface area contributed by atoms with Crippen molar-refractivity contribution in [3.8, 4) is 0 Å². The normalized spacial score (nSPS) is 13.9. The smallest absolute Gasteiger partial charge is 0.129 e. The van der Waals surface area contributed by atoms with E-state index in [9.17, 15) is 0 Å². The van der Waals surface area contributed by atoms with Gasteiger partial charge in [-0.15, -0.1) is 0 Å². The zero-order valence-corrected chi connectivity index (χ0v) is 13.4. The average molecular weight is 327 g/mol. The van der Waals surface area contributed by atoms with Crippen molar-refractivity contribution < 1.29 is 4.74 Å². The van der Waals surface area contributed by atoms with Crippen molar-refractivity contribution in [1.29, 1.82) is 0 Å². The van der Waals surface area contributed by atoms with Crippen molar-refractivity contribution in [3.63, 3.8) is 0 Å². The van der Waals surface area contributed by atoms with E-state index < -0.39 is 0 Å². The minimum absolute atomic E-state index is 0.444. The van der Waals surface area contributed by atoms with E-state index in [0.29, 0.717) is 6.04 Å². The van der Waals surface area contributed by atoms with Crippen LogP contribution in [0, 0.1) is 0 Å². The lowest BCUT2D eigenvalue weighted by molar-refractivity contribution is 0.156. The van der Waals surface area contributed by atoms with Gasteiger partial charge in [0.1, 0.15) is 5.82 Å². The monoisotopic (exact) mass is 326 g/mol. The van der Waals surface area contributed by atoms with E-state index in [1.54, 1.807) is 0 Å². The Hall–Kier alpha value is -0.610. The van der Waals surface area contributed by atoms with Crippen LogP contribution in [0.4, 0.5) is 5.82 Å². The van der Waals surface area contributed by atoms with Crippen molar-refractivity contribution in [2.24, 2.45) is 0 Å². The van der Waals surface area contributed by atoms with Crippen LogP contribution in [0.3, 0.4) is 0 Å². The molecule has 0 spiro atoms. The Morgan fingerprint density at radius 2 is 2.16 bits per heavy atom. The molecular weight excluding hydrogens is 304 g/mol. The van der Waals surface area contributed by atoms with Crippen molar-refractivity contribution >= 4 is 21.7 Å². The largest absolute Gasteiger partial charge is 0.379 e. The van der Waals surface area contributed by atoms with E-state index >= 15 is 0 Å². The molecule has 0 aromatic carbocycles. The molecule has 2 rings (SSSR count). The molecule has 1 aliphatic carbocycles. The molecule has 1 heterocycles. The number of ether oxygens (including phenoxy) is 1. The first-order valence-corrected chi connectivity index (χ1v) is 8.23. The van der Waals surface area contributed by atoms with Crippen LogP contribution in [0.1, 0.15) is 31.5 Å². The van der Waals surface area contributed by atoms with E-state index in [1.807, 2.05) is 0 Å². The molecule has 0 saturated carbocycles. The van der Waals surface area contributed by atoms with Crippen molar-refractivity contribution in [2.75, 3.05) is 30.0 Å². The van der Waals surface area contributed by atoms with E-state index in [2.05, 4.69) is 46.8 Å². The summed E-state index contributed by atoms with van der Waals surface area (Å²) in [4.78, 5) is 7.16. The van der Waals surface area contributed by atoms with Crippen LogP contribution in [0.25, 0.3) is 0 Å². The Kier molecular flexibility index (Phi) is 5.64. The molecule has 1 aromatic heterocycles. The van der Waals surface area contributed by atoms with Crippen molar-refractivity contribution in [2.45, 2.75) is 39.2 Å². The van der Waals surface area contributed by atoms with Gasteiger partial charge in [0.25, 0.3) is 0 Å². The number of aryl methyl sites for hydroxylation is 2. The van der Waals surface area contributed by atoms with Crippen LogP contribution in [-0.4, -0.2) is 36.1 Å². The molecule has 0 N–H and O–H groups in total. The summed E-state index contributed by atoms with van der Waals surface area (Å²) in [5.41, 5.74) is 2.73. The highest BCUT2D eigenvalue weighted by molar-refractivity contribution is 9.09. The predicted octanol–water partition coefficient (Wildman–Crippen LogP) is 3.20. The summed E-state index contributed by atoms with van der Waals surface area (Å²) in [6, 6.07) is 4.85. The van der Waals surface area contributed by atoms with E-state index in [1.165, 1.54) is 24.1 Å². The second-order valence-electron chi connectivity index (χ2n) is 5.22. The van der Waals surface area contributed by atoms with Gasteiger partial charge in [0.05, 0.1) is 13.2 Å². The number of anilines is 1. The van der Waals surface area contributed by atoms with Crippen LogP contribution in [-0.2, 0) is 17.6 Å². The van der Waals surface area contributed by atoms with Gasteiger partial charge in [0.15, 0.2) is 0 Å². The van der Waals surface area contributed by atoms with Crippen molar-refractivity contribution in [3.05, 3.63) is 23.4 Å². The highest BCUT2D eigenvalue weighted by Crippen LogP contribution is 2.24. The second-order valence-corrected chi connectivity index (χ2v) is 6.01. The summed E-state index contributed by atoms with van der Waals surface area (Å²) in [7, 11) is 0. The first-order chi connectivity index (χ1) is 9.22. The zero-order chi connectivity index (χ0) is 13.7. The van der Waals surface area contributed by atoms with Gasteiger partial charge in [-0.25, -0.2) is 4.98 Å². The van der Waals surface area contributed by atoms with Crippen LogP contribution in [0.15, 0.2) is 12.1 Å². The average Bonchev–Trinajstić information content (AvgIpc) is 2.85. The number of aromatic nitrogens is 1. The molecule has 3 nitrogen and oxygen atoms in total. The Morgan fingerprint density at radius 1 is 1.32 bits per heavy atom. The van der Waals surface area contributed by atoms with Gasteiger partial charge < -0.3 is 9.64 Å². The first-order valence-electron chi connectivity index (χ1n) is 7.11. The molecule has 0 amide bonds. The van der Waals surface area contributed by atoms with Crippen molar-refractivity contribution in [1.82, 2.24) is 4.98 Å². The maximum Gasteiger partial charge on any atom is 0.129 e. The topological polar surface area (TPSA) is 25.4 Å². The number of nitrogens with zero attached hydrogens (tertiary/aromatic N) is 2. The minimum Gasteiger partial charge on any atom is -0.379 e. The van der Waals surface area contributed by atoms with Gasteiger partial charge in [-0.1, -0.05) is 22.0 Å². The Bertz CT molecular complexity index is 409. The number of alkyl halides is 1. The molecule has 1 aromatic rings. The van der Waals surface area contributed by atoms with E-state index in [4.69, 9.17) is 9.72 Å². The molecule has 0 bridgehead atoms. The lowest BCUT2D eigenvalue weighted by atomic mass is 10.2. The maximum atomic E-state index is 5.56. The minimum atomic E-state index is 0.444. The first kappa shape index (κ1) is 14.8. The lowest BCUT2D eigenvalue weighted by Gasteiger charge is -2.28. The number of rotatable bonds is 7. The molecule has 4 heteroatoms. The zero-order valence-electron chi connectivity index (χ0n) is 11.9. The number of halogens is 1. The standard InChI is InChI=1S/C15H23BrN2O/c1-12(2)18(9-11-19-10-8-16)15-7-6-13-4-3-5-14(13)17-15/h6-7,12H,3-5,8-11H2,1-2H3. The molecular formula is C15H23BrN2O. The lowest BCUT2D eigenvalue weighted by Crippen LogP contribution is -2.35. The van der Waals surface area contributed by atoms with Gasteiger partial charge in [-0.2, -0.15) is 0 Å². The fourth-order valence-corrected chi connectivity index (χ4v) is 2.75. The summed E-state index contributed by atoms with van der Waals surface area (Å²) in [5, 5.41) is 0.895. The van der Waals surface area contributed by atoms with Gasteiger partial charge in [0, 0.05) is 23.6 Å².